The minimum atomic E-state index is -1.09. The van der Waals surface area contributed by atoms with Gasteiger partial charge in [-0.25, -0.2) is 9.59 Å². The summed E-state index contributed by atoms with van der Waals surface area (Å²) in [5, 5.41) is 30.6. The second-order valence-corrected chi connectivity index (χ2v) is 25.7. The molecule has 0 spiro atoms. The van der Waals surface area contributed by atoms with Crippen LogP contribution in [0.3, 0.4) is 0 Å². The Morgan fingerprint density at radius 3 is 1.92 bits per heavy atom. The van der Waals surface area contributed by atoms with Gasteiger partial charge < -0.3 is 72.1 Å². The average Bonchev–Trinajstić information content (AvgIpc) is 2.06. The Hall–Kier alpha value is -6.90. The van der Waals surface area contributed by atoms with E-state index in [0.717, 1.165) is 0 Å². The molecule has 0 radical (unpaired) electrons. The summed E-state index contributed by atoms with van der Waals surface area (Å²) in [5.74, 6) is -5.21. The third kappa shape index (κ3) is 24.9. The maximum absolute atomic E-state index is 14.8. The van der Waals surface area contributed by atoms with E-state index in [1.807, 2.05) is 32.0 Å². The van der Waals surface area contributed by atoms with Gasteiger partial charge in [0, 0.05) is 60.1 Å². The molecule has 10 N–H and O–H groups in total. The number of likely N-dealkylation sites (N-methyl/N-ethyl adjacent to an activating group) is 2. The van der Waals surface area contributed by atoms with Crippen molar-refractivity contribution >= 4 is 81.0 Å². The van der Waals surface area contributed by atoms with Gasteiger partial charge in [0.2, 0.25) is 47.3 Å². The molecule has 2 aromatic carbocycles. The molecule has 1 fully saturated rings. The number of nitrogens with two attached hydrogens (primary N) is 1. The number of aliphatic hydroxyl groups excluding tert-OH is 1. The Morgan fingerprint density at radius 2 is 1.35 bits per heavy atom. The topological polar surface area (TPSA) is 339 Å². The number of ether oxygens (including phenoxy) is 3. The first kappa shape index (κ1) is 79.3. The van der Waals surface area contributed by atoms with Crippen LogP contribution in [0.1, 0.15) is 151 Å². The molecule has 3 rings (SSSR count). The number of hydrogen-bond donors (Lipinski definition) is 9. The quantitative estimate of drug-likeness (QED) is 0.0288. The van der Waals surface area contributed by atoms with Crippen molar-refractivity contribution in [2.45, 2.75) is 201 Å². The summed E-state index contributed by atoms with van der Waals surface area (Å²) in [6, 6.07) is 8.90. The molecule has 92 heavy (non-hydrogen) atoms. The summed E-state index contributed by atoms with van der Waals surface area (Å²) in [6.07, 6.45) is 1.08. The first-order valence-electron chi connectivity index (χ1n) is 32.2. The minimum Gasteiger partial charge on any atom is -0.445 e. The number of methoxy groups -OCH3 is 2. The van der Waals surface area contributed by atoms with Crippen LogP contribution in [0.25, 0.3) is 0 Å². The number of hydrogen-bond acceptors (Lipinski definition) is 14. The van der Waals surface area contributed by atoms with Gasteiger partial charge in [-0.05, 0) is 92.4 Å². The minimum absolute atomic E-state index is 0.0879. The van der Waals surface area contributed by atoms with Gasteiger partial charge in [0.15, 0.2) is 0 Å². The number of halogens is 1. The van der Waals surface area contributed by atoms with Crippen LogP contribution >= 0.6 is 15.9 Å². The number of unbranched alkanes of at least 4 members (excludes halogenated alkanes) is 2. The van der Waals surface area contributed by atoms with Crippen molar-refractivity contribution in [3.63, 3.8) is 0 Å². The second-order valence-electron chi connectivity index (χ2n) is 25.1. The van der Waals surface area contributed by atoms with E-state index >= 15 is 0 Å². The number of nitrogens with zero attached hydrogens (tertiary/aromatic N) is 3. The molecule has 0 unspecified atom stereocenters. The van der Waals surface area contributed by atoms with E-state index in [0.29, 0.717) is 68.4 Å². The van der Waals surface area contributed by atoms with E-state index in [2.05, 4.69) is 53.1 Å². The molecule has 1 saturated heterocycles. The number of aliphatic hydroxyl groups is 1. The number of carbonyl (C=O) groups is 10. The Balaban J connectivity index is 1.69. The molecular formula is C66H106BrN11O14. The number of nitrogens with one attached hydrogen (secondary N) is 7. The molecule has 12 atom stereocenters. The highest BCUT2D eigenvalue weighted by Gasteiger charge is 2.44. The van der Waals surface area contributed by atoms with Crippen LogP contribution < -0.4 is 43.0 Å². The molecule has 0 aromatic heterocycles. The molecule has 0 saturated carbocycles. The molecular weight excluding hydrogens is 1250 g/mol. The number of alkyl halides is 1. The Kier molecular flexibility index (Phi) is 34.7. The van der Waals surface area contributed by atoms with Crippen LogP contribution in [0.5, 0.6) is 0 Å². The SMILES string of the molecule is CC[C@H](C)[C@@H]([C@@H](CC(=O)N1CCC[C@H]1[C@H](OC)[C@@H](C)C(=O)N[C@H](C)[C@@H](O)c1ccccc1)OC)N(C)C(=O)[C@@H](NC(=O)[C@H](C(C)C)N(C)C(=O)OCc1ccc(NC(=O)[C@H](CCCNC(N)=O)NC(=O)[C@@H](NC(=O)CCCCCNC(=O)CBr)C(C)C)cc1)C(C)C. The van der Waals surface area contributed by atoms with Gasteiger partial charge in [-0.15, -0.1) is 0 Å². The number of anilines is 1. The van der Waals surface area contributed by atoms with Crippen LogP contribution in [0.2, 0.25) is 0 Å². The highest BCUT2D eigenvalue weighted by molar-refractivity contribution is 9.09. The van der Waals surface area contributed by atoms with Crippen molar-refractivity contribution in [1.29, 1.82) is 0 Å². The summed E-state index contributed by atoms with van der Waals surface area (Å²) in [5.41, 5.74) is 6.80. The first-order chi connectivity index (χ1) is 43.5. The highest BCUT2D eigenvalue weighted by atomic mass is 79.9. The van der Waals surface area contributed by atoms with Crippen LogP contribution in [0.4, 0.5) is 15.3 Å². The van der Waals surface area contributed by atoms with Crippen molar-refractivity contribution < 1.29 is 67.3 Å². The van der Waals surface area contributed by atoms with Crippen molar-refractivity contribution in [3.05, 3.63) is 65.7 Å². The predicted octanol–water partition coefficient (Wildman–Crippen LogP) is 5.66. The Bertz CT molecular complexity index is 2690. The summed E-state index contributed by atoms with van der Waals surface area (Å²) in [7, 11) is 6.09. The third-order valence-corrected chi connectivity index (χ3v) is 17.6. The fourth-order valence-electron chi connectivity index (χ4n) is 11.5. The lowest BCUT2D eigenvalue weighted by atomic mass is 9.89. The van der Waals surface area contributed by atoms with Crippen molar-refractivity contribution in [2.75, 3.05) is 58.6 Å². The van der Waals surface area contributed by atoms with Gasteiger partial charge in [0.1, 0.15) is 30.8 Å². The maximum Gasteiger partial charge on any atom is 0.410 e. The number of rotatable bonds is 39. The molecule has 516 valence electrons. The predicted molar refractivity (Wildman–Crippen MR) is 354 cm³/mol. The van der Waals surface area contributed by atoms with E-state index in [4.69, 9.17) is 19.9 Å². The summed E-state index contributed by atoms with van der Waals surface area (Å²) >= 11 is 3.10. The van der Waals surface area contributed by atoms with E-state index in [1.165, 1.54) is 26.2 Å². The molecule has 0 aliphatic carbocycles. The fraction of sp³-hybridized carbons (Fsp3) is 0.667. The number of amides is 11. The smallest absolute Gasteiger partial charge is 0.410 e. The van der Waals surface area contributed by atoms with Gasteiger partial charge in [-0.2, -0.15) is 0 Å². The van der Waals surface area contributed by atoms with Crippen LogP contribution in [-0.2, 0) is 59.2 Å². The molecule has 1 aliphatic heterocycles. The first-order valence-corrected chi connectivity index (χ1v) is 33.4. The largest absolute Gasteiger partial charge is 0.445 e. The molecule has 1 aliphatic rings. The van der Waals surface area contributed by atoms with Crippen molar-refractivity contribution in [3.8, 4) is 0 Å². The Labute approximate surface area is 552 Å². The van der Waals surface area contributed by atoms with E-state index < -0.39 is 114 Å². The van der Waals surface area contributed by atoms with Gasteiger partial charge in [-0.1, -0.05) is 134 Å². The summed E-state index contributed by atoms with van der Waals surface area (Å²) in [6.45, 7) is 18.9. The molecule has 11 amide bonds. The lowest BCUT2D eigenvalue weighted by molar-refractivity contribution is -0.148. The van der Waals surface area contributed by atoms with Crippen LogP contribution in [0, 0.1) is 29.6 Å². The van der Waals surface area contributed by atoms with Gasteiger partial charge in [0.05, 0.1) is 54.1 Å². The zero-order chi connectivity index (χ0) is 68.9. The second kappa shape index (κ2) is 40.3. The van der Waals surface area contributed by atoms with E-state index in [1.54, 1.807) is 109 Å². The fourth-order valence-corrected chi connectivity index (χ4v) is 11.7. The number of benzene rings is 2. The van der Waals surface area contributed by atoms with E-state index in [9.17, 15) is 53.1 Å². The molecule has 0 bridgehead atoms. The van der Waals surface area contributed by atoms with Crippen molar-refractivity contribution in [1.82, 2.24) is 46.6 Å². The number of likely N-dealkylation sites (tertiary alicyclic amines) is 1. The number of primary amides is 1. The molecule has 25 nitrogen and oxygen atoms in total. The standard InChI is InChI=1S/C66H106BrN11O14/c1-15-42(8)57(50(90-13)36-53(81)78-35-23-27-49(78)59(91-14)43(9)60(83)71-44(10)58(82)46-24-18-16-19-25-46)76(11)64(87)55(40(4)5)75-63(86)56(41(6)7)77(12)66(89)92-38-45-29-31-47(32-30-45)72-61(84)48(26-22-34-70-65(68)88)73-62(85)54(39(2)3)74-51(79)28-20-17-21-33-69-52(80)37-67/h16,18-19,24-25,29-32,39-44,48-50,54-59,82H,15,17,20-23,26-28,33-38H2,1-14H3,(H,69,80)(H,71,83)(H,72,84)(H,73,85)(H,74,79)(H,75,86)(H3,68,70,88)/t42-,43+,44+,48-,49-,50+,54-,55-,56-,57-,58+,59+/m0/s1. The number of carbonyl (C=O) groups excluding carboxylic acids is 10. The van der Waals surface area contributed by atoms with Crippen LogP contribution in [-0.4, -0.2) is 187 Å². The zero-order valence-corrected chi connectivity index (χ0v) is 58.1. The summed E-state index contributed by atoms with van der Waals surface area (Å²) in [4.78, 5) is 139. The molecule has 2 aromatic rings. The average molecular weight is 1360 g/mol. The lowest BCUT2D eigenvalue weighted by Crippen LogP contribution is -2.60. The monoisotopic (exact) mass is 1360 g/mol. The lowest BCUT2D eigenvalue weighted by Gasteiger charge is -2.41. The van der Waals surface area contributed by atoms with Gasteiger partial charge in [-0.3, -0.25) is 43.3 Å². The summed E-state index contributed by atoms with van der Waals surface area (Å²) < 4.78 is 17.8. The van der Waals surface area contributed by atoms with E-state index in [-0.39, 0.29) is 79.6 Å². The molecule has 26 heteroatoms. The zero-order valence-electron chi connectivity index (χ0n) is 56.5. The Morgan fingerprint density at radius 1 is 0.707 bits per heavy atom. The van der Waals surface area contributed by atoms with Gasteiger partial charge in [0.25, 0.3) is 0 Å². The maximum atomic E-state index is 14.8. The van der Waals surface area contributed by atoms with Crippen molar-refractivity contribution in [2.24, 2.45) is 35.3 Å². The van der Waals surface area contributed by atoms with Crippen LogP contribution in [0.15, 0.2) is 54.6 Å². The normalized spacial score (nSPS) is 16.7. The highest BCUT2D eigenvalue weighted by Crippen LogP contribution is 2.30. The third-order valence-electron chi connectivity index (χ3n) is 17.1. The van der Waals surface area contributed by atoms with Gasteiger partial charge >= 0.3 is 12.1 Å². The number of urea groups is 1. The molecule has 1 heterocycles.